The van der Waals surface area contributed by atoms with Crippen molar-refractivity contribution in [3.8, 4) is 5.75 Å². The van der Waals surface area contributed by atoms with Crippen molar-refractivity contribution >= 4 is 34.0 Å². The van der Waals surface area contributed by atoms with Crippen molar-refractivity contribution in [3.05, 3.63) is 75.8 Å². The van der Waals surface area contributed by atoms with E-state index in [0.29, 0.717) is 15.8 Å². The Morgan fingerprint density at radius 2 is 1.42 bits per heavy atom. The van der Waals surface area contributed by atoms with E-state index in [-0.39, 0.29) is 6.04 Å². The van der Waals surface area contributed by atoms with Crippen molar-refractivity contribution in [1.82, 2.24) is 4.90 Å². The number of rotatable bonds is 3. The lowest BCUT2D eigenvalue weighted by Crippen LogP contribution is -2.34. The Kier molecular flexibility index (Phi) is 5.08. The van der Waals surface area contributed by atoms with Crippen LogP contribution in [0.5, 0.6) is 5.75 Å². The SMILES string of the molecule is Oc1c(C(c2ccccc2Cl)N2CCCCC2)cc(Cl)c2ccccc12. The van der Waals surface area contributed by atoms with E-state index < -0.39 is 0 Å². The molecule has 26 heavy (non-hydrogen) atoms. The van der Waals surface area contributed by atoms with Gasteiger partial charge in [-0.05, 0) is 43.6 Å². The summed E-state index contributed by atoms with van der Waals surface area (Å²) in [6.45, 7) is 1.97. The number of phenols is 1. The summed E-state index contributed by atoms with van der Waals surface area (Å²) >= 11 is 13.1. The average Bonchev–Trinajstić information content (AvgIpc) is 2.68. The van der Waals surface area contributed by atoms with Crippen molar-refractivity contribution in [3.63, 3.8) is 0 Å². The Morgan fingerprint density at radius 3 is 2.15 bits per heavy atom. The quantitative estimate of drug-likeness (QED) is 0.561. The number of hydrogen-bond acceptors (Lipinski definition) is 2. The molecule has 0 aromatic heterocycles. The van der Waals surface area contributed by atoms with Crippen LogP contribution in [0.3, 0.4) is 0 Å². The van der Waals surface area contributed by atoms with Crippen LogP contribution in [0, 0.1) is 0 Å². The Balaban J connectivity index is 1.93. The molecule has 1 aliphatic heterocycles. The minimum Gasteiger partial charge on any atom is -0.507 e. The van der Waals surface area contributed by atoms with Crippen LogP contribution in [0.4, 0.5) is 0 Å². The summed E-state index contributed by atoms with van der Waals surface area (Å²) in [5.74, 6) is 0.292. The van der Waals surface area contributed by atoms with E-state index in [1.165, 1.54) is 6.42 Å². The van der Waals surface area contributed by atoms with Gasteiger partial charge in [0.1, 0.15) is 5.75 Å². The van der Waals surface area contributed by atoms with E-state index in [4.69, 9.17) is 23.2 Å². The zero-order valence-electron chi connectivity index (χ0n) is 14.5. The second-order valence-corrected chi connectivity index (χ2v) is 7.68. The van der Waals surface area contributed by atoms with Crippen LogP contribution in [0.1, 0.15) is 36.4 Å². The number of benzene rings is 3. The normalized spacial score (nSPS) is 16.7. The fraction of sp³-hybridized carbons (Fsp3) is 0.273. The first-order chi connectivity index (χ1) is 12.7. The predicted molar refractivity (Wildman–Crippen MR) is 109 cm³/mol. The second-order valence-electron chi connectivity index (χ2n) is 6.86. The highest BCUT2D eigenvalue weighted by molar-refractivity contribution is 6.36. The highest BCUT2D eigenvalue weighted by atomic mass is 35.5. The molecule has 0 radical (unpaired) electrons. The van der Waals surface area contributed by atoms with Gasteiger partial charge < -0.3 is 5.11 Å². The van der Waals surface area contributed by atoms with Crippen LogP contribution < -0.4 is 0 Å². The molecule has 1 fully saturated rings. The highest BCUT2D eigenvalue weighted by Crippen LogP contribution is 2.43. The van der Waals surface area contributed by atoms with Gasteiger partial charge >= 0.3 is 0 Å². The number of nitrogens with zero attached hydrogens (tertiary/aromatic N) is 1. The molecule has 4 rings (SSSR count). The maximum Gasteiger partial charge on any atom is 0.128 e. The molecular weight excluding hydrogens is 365 g/mol. The number of aromatic hydroxyl groups is 1. The van der Waals surface area contributed by atoms with Gasteiger partial charge in [0.2, 0.25) is 0 Å². The molecule has 1 atom stereocenters. The number of piperidine rings is 1. The standard InChI is InChI=1S/C22H21Cl2NO/c23-19-11-5-4-10-17(19)21(25-12-6-1-7-13-25)18-14-20(24)15-8-2-3-9-16(15)22(18)26/h2-5,8-11,14,21,26H,1,6-7,12-13H2. The molecule has 3 aromatic carbocycles. The number of halogens is 2. The van der Waals surface area contributed by atoms with E-state index in [2.05, 4.69) is 4.90 Å². The van der Waals surface area contributed by atoms with Gasteiger partial charge in [0.05, 0.1) is 6.04 Å². The Bertz CT molecular complexity index is 935. The van der Waals surface area contributed by atoms with Crippen molar-refractivity contribution < 1.29 is 5.11 Å². The summed E-state index contributed by atoms with van der Waals surface area (Å²) in [7, 11) is 0. The summed E-state index contributed by atoms with van der Waals surface area (Å²) in [6.07, 6.45) is 3.56. The van der Waals surface area contributed by atoms with Gasteiger partial charge in [0.25, 0.3) is 0 Å². The largest absolute Gasteiger partial charge is 0.507 e. The minimum absolute atomic E-state index is 0.105. The summed E-state index contributed by atoms with van der Waals surface area (Å²) in [5.41, 5.74) is 1.83. The third kappa shape index (κ3) is 3.18. The van der Waals surface area contributed by atoms with E-state index in [1.807, 2.05) is 54.6 Å². The molecular formula is C22H21Cl2NO. The van der Waals surface area contributed by atoms with E-state index in [0.717, 1.165) is 47.8 Å². The molecule has 3 aromatic rings. The molecule has 4 heteroatoms. The van der Waals surface area contributed by atoms with Crippen LogP contribution >= 0.6 is 23.2 Å². The number of fused-ring (bicyclic) bond motifs is 1. The van der Waals surface area contributed by atoms with Crippen molar-refractivity contribution in [1.29, 1.82) is 0 Å². The van der Waals surface area contributed by atoms with Gasteiger partial charge in [-0.1, -0.05) is 72.1 Å². The third-order valence-corrected chi connectivity index (χ3v) is 5.90. The molecule has 0 aliphatic carbocycles. The fourth-order valence-electron chi connectivity index (χ4n) is 3.98. The van der Waals surface area contributed by atoms with Gasteiger partial charge in [-0.2, -0.15) is 0 Å². The maximum atomic E-state index is 11.1. The molecule has 0 amide bonds. The zero-order valence-corrected chi connectivity index (χ0v) is 16.0. The van der Waals surface area contributed by atoms with Crippen molar-refractivity contribution in [2.24, 2.45) is 0 Å². The lowest BCUT2D eigenvalue weighted by molar-refractivity contribution is 0.185. The number of phenolic OH excluding ortho intramolecular Hbond substituents is 1. The summed E-state index contributed by atoms with van der Waals surface area (Å²) in [4.78, 5) is 2.41. The van der Waals surface area contributed by atoms with Gasteiger partial charge in [0, 0.05) is 26.4 Å². The number of hydrogen-bond donors (Lipinski definition) is 1. The lowest BCUT2D eigenvalue weighted by Gasteiger charge is -2.36. The van der Waals surface area contributed by atoms with E-state index in [9.17, 15) is 5.11 Å². The molecule has 1 aliphatic rings. The van der Waals surface area contributed by atoms with Gasteiger partial charge in [-0.15, -0.1) is 0 Å². The molecule has 1 saturated heterocycles. The van der Waals surface area contributed by atoms with Crippen molar-refractivity contribution in [2.75, 3.05) is 13.1 Å². The monoisotopic (exact) mass is 385 g/mol. The van der Waals surface area contributed by atoms with Crippen LogP contribution in [-0.4, -0.2) is 23.1 Å². The van der Waals surface area contributed by atoms with Gasteiger partial charge in [-0.3, -0.25) is 4.90 Å². The van der Waals surface area contributed by atoms with Gasteiger partial charge in [0.15, 0.2) is 0 Å². The van der Waals surface area contributed by atoms with Crippen molar-refractivity contribution in [2.45, 2.75) is 25.3 Å². The Morgan fingerprint density at radius 1 is 0.769 bits per heavy atom. The molecule has 2 nitrogen and oxygen atoms in total. The maximum absolute atomic E-state index is 11.1. The van der Waals surface area contributed by atoms with E-state index >= 15 is 0 Å². The second kappa shape index (κ2) is 7.48. The molecule has 1 N–H and O–H groups in total. The highest BCUT2D eigenvalue weighted by Gasteiger charge is 2.29. The summed E-state index contributed by atoms with van der Waals surface area (Å²) < 4.78 is 0. The van der Waals surface area contributed by atoms with Gasteiger partial charge in [-0.25, -0.2) is 0 Å². The van der Waals surface area contributed by atoms with Crippen LogP contribution in [0.2, 0.25) is 10.0 Å². The fourth-order valence-corrected chi connectivity index (χ4v) is 4.50. The zero-order chi connectivity index (χ0) is 18.1. The van der Waals surface area contributed by atoms with Crippen LogP contribution in [0.25, 0.3) is 10.8 Å². The molecule has 1 unspecified atom stereocenters. The predicted octanol–water partition coefficient (Wildman–Crippen LogP) is 6.43. The Labute approximate surface area is 164 Å². The summed E-state index contributed by atoms with van der Waals surface area (Å²) in [6, 6.07) is 17.4. The lowest BCUT2D eigenvalue weighted by atomic mass is 9.92. The molecule has 0 bridgehead atoms. The molecule has 134 valence electrons. The molecule has 0 spiro atoms. The topological polar surface area (TPSA) is 23.5 Å². The minimum atomic E-state index is -0.105. The van der Waals surface area contributed by atoms with Crippen LogP contribution in [0.15, 0.2) is 54.6 Å². The molecule has 1 heterocycles. The smallest absolute Gasteiger partial charge is 0.128 e. The Hall–Kier alpha value is -1.74. The first kappa shape index (κ1) is 17.7. The summed E-state index contributed by atoms with van der Waals surface area (Å²) in [5, 5.41) is 14.1. The third-order valence-electron chi connectivity index (χ3n) is 5.25. The first-order valence-corrected chi connectivity index (χ1v) is 9.81. The number of likely N-dealkylation sites (tertiary alicyclic amines) is 1. The first-order valence-electron chi connectivity index (χ1n) is 9.05. The van der Waals surface area contributed by atoms with E-state index in [1.54, 1.807) is 0 Å². The molecule has 0 saturated carbocycles. The van der Waals surface area contributed by atoms with Crippen LogP contribution in [-0.2, 0) is 0 Å². The average molecular weight is 386 g/mol.